The average Bonchev–Trinajstić information content (AvgIpc) is 3.46. The summed E-state index contributed by atoms with van der Waals surface area (Å²) in [5.41, 5.74) is 2.25. The number of fused-ring (bicyclic) bond motifs is 1. The number of carbonyl (C=O) groups is 2. The molecule has 0 saturated carbocycles. The molecule has 2 amide bonds. The van der Waals surface area contributed by atoms with E-state index in [1.165, 1.54) is 11.3 Å². The lowest BCUT2D eigenvalue weighted by Crippen LogP contribution is -2.47. The number of aromatic nitrogens is 3. The fourth-order valence-corrected chi connectivity index (χ4v) is 4.36. The van der Waals surface area contributed by atoms with Gasteiger partial charge >= 0.3 is 0 Å². The first-order valence-electron chi connectivity index (χ1n) is 10.5. The van der Waals surface area contributed by atoms with Gasteiger partial charge in [-0.05, 0) is 54.3 Å². The summed E-state index contributed by atoms with van der Waals surface area (Å²) < 4.78 is 2.86. The number of hydrogen-bond acceptors (Lipinski definition) is 5. The fourth-order valence-electron chi connectivity index (χ4n) is 3.39. The normalized spacial score (nSPS) is 12.1. The van der Waals surface area contributed by atoms with Crippen LogP contribution in [0, 0.1) is 5.92 Å². The van der Waals surface area contributed by atoms with Crippen LogP contribution in [0.25, 0.3) is 15.3 Å². The lowest BCUT2D eigenvalue weighted by molar-refractivity contribution is -0.123. The Hall–Kier alpha value is -3.52. The first-order chi connectivity index (χ1) is 15.5. The molecule has 164 valence electrons. The lowest BCUT2D eigenvalue weighted by atomic mass is 10.0. The highest BCUT2D eigenvalue weighted by Gasteiger charge is 2.23. The summed E-state index contributed by atoms with van der Waals surface area (Å²) in [5.74, 6) is -0.229. The van der Waals surface area contributed by atoms with Crippen molar-refractivity contribution in [1.29, 1.82) is 0 Å². The molecule has 1 aromatic carbocycles. The fraction of sp³-hybridized carbons (Fsp3) is 0.250. The Morgan fingerprint density at radius 2 is 1.94 bits per heavy atom. The molecule has 3 heterocycles. The Bertz CT molecular complexity index is 1200. The van der Waals surface area contributed by atoms with Gasteiger partial charge in [0.15, 0.2) is 5.13 Å². The standard InChI is InChI=1S/C24H25N5O2S/c1-16(2)12-20(23(31)26-15-17-6-5-9-25-14-17)27-22(30)18-7-8-19-21(13-18)32-24(28-19)29-10-3-4-11-29/h3-11,13-14,16,20H,12,15H2,1-2H3,(H,26,31)(H,27,30)/t20-/m1/s1. The van der Waals surface area contributed by atoms with Crippen molar-refractivity contribution < 1.29 is 9.59 Å². The van der Waals surface area contributed by atoms with Gasteiger partial charge in [0.05, 0.1) is 10.2 Å². The summed E-state index contributed by atoms with van der Waals surface area (Å²) in [4.78, 5) is 34.5. The van der Waals surface area contributed by atoms with Gasteiger partial charge in [0.25, 0.3) is 5.91 Å². The van der Waals surface area contributed by atoms with E-state index in [9.17, 15) is 9.59 Å². The molecule has 0 saturated heterocycles. The van der Waals surface area contributed by atoms with Crippen molar-refractivity contribution >= 4 is 33.4 Å². The highest BCUT2D eigenvalue weighted by atomic mass is 32.1. The molecule has 8 heteroatoms. The van der Waals surface area contributed by atoms with E-state index in [0.29, 0.717) is 18.5 Å². The Morgan fingerprint density at radius 3 is 2.66 bits per heavy atom. The highest BCUT2D eigenvalue weighted by molar-refractivity contribution is 7.20. The second-order valence-corrected chi connectivity index (χ2v) is 9.01. The minimum absolute atomic E-state index is 0.204. The van der Waals surface area contributed by atoms with Gasteiger partial charge < -0.3 is 15.2 Å². The molecular formula is C24H25N5O2S. The molecule has 32 heavy (non-hydrogen) atoms. The van der Waals surface area contributed by atoms with Crippen LogP contribution >= 0.6 is 11.3 Å². The van der Waals surface area contributed by atoms with Crippen LogP contribution < -0.4 is 10.6 Å². The van der Waals surface area contributed by atoms with Gasteiger partial charge in [0.1, 0.15) is 6.04 Å². The lowest BCUT2D eigenvalue weighted by Gasteiger charge is -2.20. The third-order valence-corrected chi connectivity index (χ3v) is 6.01. The molecule has 0 aliphatic carbocycles. The van der Waals surface area contributed by atoms with E-state index in [4.69, 9.17) is 0 Å². The van der Waals surface area contributed by atoms with Crippen molar-refractivity contribution in [2.75, 3.05) is 0 Å². The van der Waals surface area contributed by atoms with Gasteiger partial charge in [-0.15, -0.1) is 0 Å². The smallest absolute Gasteiger partial charge is 0.251 e. The van der Waals surface area contributed by atoms with Crippen LogP contribution in [-0.4, -0.2) is 32.4 Å². The number of nitrogens with zero attached hydrogens (tertiary/aromatic N) is 3. The van der Waals surface area contributed by atoms with E-state index in [1.54, 1.807) is 18.5 Å². The molecule has 2 N–H and O–H groups in total. The number of carbonyl (C=O) groups excluding carboxylic acids is 2. The molecule has 0 fully saturated rings. The zero-order valence-corrected chi connectivity index (χ0v) is 18.8. The molecule has 0 unspecified atom stereocenters. The number of benzene rings is 1. The summed E-state index contributed by atoms with van der Waals surface area (Å²) in [6.07, 6.45) is 7.82. The molecule has 7 nitrogen and oxygen atoms in total. The van der Waals surface area contributed by atoms with Crippen LogP contribution in [0.5, 0.6) is 0 Å². The van der Waals surface area contributed by atoms with Crippen LogP contribution in [-0.2, 0) is 11.3 Å². The van der Waals surface area contributed by atoms with E-state index in [-0.39, 0.29) is 17.7 Å². The Labute approximate surface area is 190 Å². The summed E-state index contributed by atoms with van der Waals surface area (Å²) in [6, 6.07) is 12.4. The predicted molar refractivity (Wildman–Crippen MR) is 126 cm³/mol. The largest absolute Gasteiger partial charge is 0.350 e. The minimum Gasteiger partial charge on any atom is -0.350 e. The van der Waals surface area contributed by atoms with Crippen molar-refractivity contribution in [1.82, 2.24) is 25.2 Å². The second kappa shape index (κ2) is 9.74. The van der Waals surface area contributed by atoms with Crippen molar-refractivity contribution in [2.45, 2.75) is 32.9 Å². The summed E-state index contributed by atoms with van der Waals surface area (Å²) in [7, 11) is 0. The molecule has 0 spiro atoms. The zero-order chi connectivity index (χ0) is 22.5. The molecule has 0 aliphatic heterocycles. The van der Waals surface area contributed by atoms with Crippen molar-refractivity contribution in [2.24, 2.45) is 5.92 Å². The third-order valence-electron chi connectivity index (χ3n) is 4.98. The molecule has 0 bridgehead atoms. The Kier molecular flexibility index (Phi) is 6.61. The highest BCUT2D eigenvalue weighted by Crippen LogP contribution is 2.26. The van der Waals surface area contributed by atoms with E-state index in [2.05, 4.69) is 20.6 Å². The van der Waals surface area contributed by atoms with Gasteiger partial charge in [-0.1, -0.05) is 31.3 Å². The van der Waals surface area contributed by atoms with Crippen LogP contribution in [0.1, 0.15) is 36.2 Å². The number of thiazole rings is 1. The van der Waals surface area contributed by atoms with Gasteiger partial charge in [-0.2, -0.15) is 0 Å². The van der Waals surface area contributed by atoms with Gasteiger partial charge in [-0.3, -0.25) is 14.6 Å². The number of amides is 2. The third kappa shape index (κ3) is 5.20. The van der Waals surface area contributed by atoms with E-state index >= 15 is 0 Å². The first kappa shape index (κ1) is 21.7. The second-order valence-electron chi connectivity index (χ2n) is 8.00. The van der Waals surface area contributed by atoms with E-state index < -0.39 is 6.04 Å². The molecule has 4 aromatic rings. The van der Waals surface area contributed by atoms with Gasteiger partial charge in [-0.25, -0.2) is 4.98 Å². The maximum absolute atomic E-state index is 13.0. The molecule has 1 atom stereocenters. The van der Waals surface area contributed by atoms with Crippen molar-refractivity contribution in [3.8, 4) is 5.13 Å². The first-order valence-corrected chi connectivity index (χ1v) is 11.3. The average molecular weight is 448 g/mol. The number of hydrogen-bond donors (Lipinski definition) is 2. The summed E-state index contributed by atoms with van der Waals surface area (Å²) in [6.45, 7) is 4.42. The molecule has 0 radical (unpaired) electrons. The number of pyridine rings is 1. The Balaban J connectivity index is 1.47. The topological polar surface area (TPSA) is 88.9 Å². The Morgan fingerprint density at radius 1 is 1.12 bits per heavy atom. The van der Waals surface area contributed by atoms with E-state index in [0.717, 1.165) is 20.9 Å². The van der Waals surface area contributed by atoms with E-state index in [1.807, 2.05) is 67.2 Å². The van der Waals surface area contributed by atoms with Gasteiger partial charge in [0.2, 0.25) is 5.91 Å². The van der Waals surface area contributed by atoms with Crippen molar-refractivity contribution in [3.05, 3.63) is 78.4 Å². The maximum Gasteiger partial charge on any atom is 0.251 e. The van der Waals surface area contributed by atoms with Crippen LogP contribution in [0.4, 0.5) is 0 Å². The minimum atomic E-state index is -0.619. The summed E-state index contributed by atoms with van der Waals surface area (Å²) in [5, 5.41) is 6.66. The molecule has 4 rings (SSSR count). The predicted octanol–water partition coefficient (Wildman–Crippen LogP) is 3.94. The van der Waals surface area contributed by atoms with Crippen LogP contribution in [0.15, 0.2) is 67.3 Å². The number of nitrogens with one attached hydrogen (secondary N) is 2. The molecule has 3 aromatic heterocycles. The van der Waals surface area contributed by atoms with Gasteiger partial charge in [0, 0.05) is 36.9 Å². The SMILES string of the molecule is CC(C)C[C@@H](NC(=O)c1ccc2nc(-n3cccc3)sc2c1)C(=O)NCc1cccnc1. The number of rotatable bonds is 8. The van der Waals surface area contributed by atoms with Crippen LogP contribution in [0.2, 0.25) is 0 Å². The summed E-state index contributed by atoms with van der Waals surface area (Å²) >= 11 is 1.51. The van der Waals surface area contributed by atoms with Crippen molar-refractivity contribution in [3.63, 3.8) is 0 Å². The quantitative estimate of drug-likeness (QED) is 0.428. The molecular weight excluding hydrogens is 422 g/mol. The maximum atomic E-state index is 13.0. The zero-order valence-electron chi connectivity index (χ0n) is 18.0. The van der Waals surface area contributed by atoms with Crippen LogP contribution in [0.3, 0.4) is 0 Å². The molecule has 0 aliphatic rings. The monoisotopic (exact) mass is 447 g/mol.